The van der Waals surface area contributed by atoms with E-state index in [9.17, 15) is 4.79 Å². The van der Waals surface area contributed by atoms with E-state index in [2.05, 4.69) is 15.3 Å². The molecule has 1 aliphatic rings. The van der Waals surface area contributed by atoms with E-state index in [4.69, 9.17) is 16.3 Å². The predicted octanol–water partition coefficient (Wildman–Crippen LogP) is 3.35. The van der Waals surface area contributed by atoms with Gasteiger partial charge in [-0.25, -0.2) is 9.78 Å². The Balaban J connectivity index is 2.12. The fraction of sp³-hybridized carbons (Fsp3) is 0.583. The first-order valence-electron chi connectivity index (χ1n) is 5.87. The molecule has 1 aromatic heterocycles. The Hall–Kier alpha value is -1.36. The van der Waals surface area contributed by atoms with Gasteiger partial charge in [-0.05, 0) is 51.1 Å². The third-order valence-electron chi connectivity index (χ3n) is 2.42. The van der Waals surface area contributed by atoms with Crippen molar-refractivity contribution in [3.63, 3.8) is 0 Å². The zero-order valence-corrected chi connectivity index (χ0v) is 11.4. The molecule has 1 N–H and O–H groups in total. The van der Waals surface area contributed by atoms with Crippen molar-refractivity contribution in [1.29, 1.82) is 0 Å². The van der Waals surface area contributed by atoms with Crippen molar-refractivity contribution in [1.82, 2.24) is 9.97 Å². The zero-order valence-electron chi connectivity index (χ0n) is 10.7. The van der Waals surface area contributed by atoms with Crippen LogP contribution in [0, 0.1) is 0 Å². The fourth-order valence-electron chi connectivity index (χ4n) is 1.56. The van der Waals surface area contributed by atoms with Gasteiger partial charge < -0.3 is 4.74 Å². The first-order chi connectivity index (χ1) is 8.35. The maximum Gasteiger partial charge on any atom is 0.413 e. The first-order valence-corrected chi connectivity index (χ1v) is 6.25. The van der Waals surface area contributed by atoms with E-state index in [1.165, 1.54) is 0 Å². The molecule has 98 valence electrons. The molecule has 0 bridgehead atoms. The van der Waals surface area contributed by atoms with Crippen molar-refractivity contribution in [3.8, 4) is 0 Å². The van der Waals surface area contributed by atoms with Gasteiger partial charge in [-0.15, -0.1) is 0 Å². The Bertz CT molecular complexity index is 467. The minimum atomic E-state index is -0.541. The number of nitrogens with zero attached hydrogens (tertiary/aromatic N) is 2. The Morgan fingerprint density at radius 1 is 1.50 bits per heavy atom. The number of aromatic nitrogens is 2. The lowest BCUT2D eigenvalue weighted by atomic mass is 10.2. The summed E-state index contributed by atoms with van der Waals surface area (Å²) in [6.07, 6.45) is 3.32. The number of rotatable bonds is 2. The number of hydrogen-bond acceptors (Lipinski definition) is 4. The normalized spacial score (nSPS) is 15.3. The lowest BCUT2D eigenvalue weighted by Gasteiger charge is -2.20. The summed E-state index contributed by atoms with van der Waals surface area (Å²) in [6, 6.07) is 0. The van der Waals surface area contributed by atoms with Gasteiger partial charge >= 0.3 is 6.09 Å². The molecular formula is C12H16ClN3O2. The second-order valence-electron chi connectivity index (χ2n) is 5.34. The van der Waals surface area contributed by atoms with Crippen LogP contribution in [0.4, 0.5) is 10.6 Å². The summed E-state index contributed by atoms with van der Waals surface area (Å²) >= 11 is 5.74. The molecule has 5 nitrogen and oxygen atoms in total. The summed E-state index contributed by atoms with van der Waals surface area (Å²) in [5.74, 6) is 0.874. The molecule has 0 aliphatic heterocycles. The third-order valence-corrected chi connectivity index (χ3v) is 2.61. The average molecular weight is 270 g/mol. The average Bonchev–Trinajstić information content (AvgIpc) is 2.98. The Labute approximate surface area is 111 Å². The topological polar surface area (TPSA) is 64.1 Å². The van der Waals surface area contributed by atoms with Crippen molar-refractivity contribution in [2.75, 3.05) is 5.32 Å². The second kappa shape index (κ2) is 4.72. The number of ether oxygens (including phenoxy) is 1. The largest absolute Gasteiger partial charge is 0.444 e. The van der Waals surface area contributed by atoms with Gasteiger partial charge in [0.1, 0.15) is 11.4 Å². The molecular weight excluding hydrogens is 254 g/mol. The molecule has 1 saturated carbocycles. The summed E-state index contributed by atoms with van der Waals surface area (Å²) < 4.78 is 5.18. The molecule has 1 aliphatic carbocycles. The molecule has 2 rings (SSSR count). The van der Waals surface area contributed by atoms with Crippen LogP contribution < -0.4 is 5.32 Å². The Morgan fingerprint density at radius 2 is 2.17 bits per heavy atom. The molecule has 0 atom stereocenters. The summed E-state index contributed by atoms with van der Waals surface area (Å²) in [7, 11) is 0. The van der Waals surface area contributed by atoms with Gasteiger partial charge in [-0.1, -0.05) is 0 Å². The number of nitrogens with one attached hydrogen (secondary N) is 1. The fourth-order valence-corrected chi connectivity index (χ4v) is 1.70. The number of amides is 1. The van der Waals surface area contributed by atoms with E-state index in [0.29, 0.717) is 11.7 Å². The van der Waals surface area contributed by atoms with Crippen LogP contribution in [0.3, 0.4) is 0 Å². The molecule has 1 heterocycles. The van der Waals surface area contributed by atoms with Gasteiger partial charge in [0.25, 0.3) is 0 Å². The number of hydrogen-bond donors (Lipinski definition) is 1. The predicted molar refractivity (Wildman–Crippen MR) is 68.9 cm³/mol. The van der Waals surface area contributed by atoms with Crippen LogP contribution in [-0.2, 0) is 4.74 Å². The SMILES string of the molecule is CC(C)(C)OC(=O)Nc1nc(Cl)ncc1C1CC1. The van der Waals surface area contributed by atoms with Crippen LogP contribution in [0.2, 0.25) is 5.28 Å². The van der Waals surface area contributed by atoms with E-state index in [-0.39, 0.29) is 5.28 Å². The van der Waals surface area contributed by atoms with Crippen molar-refractivity contribution in [2.24, 2.45) is 0 Å². The van der Waals surface area contributed by atoms with E-state index >= 15 is 0 Å². The van der Waals surface area contributed by atoms with Crippen molar-refractivity contribution >= 4 is 23.5 Å². The van der Waals surface area contributed by atoms with Gasteiger partial charge in [-0.2, -0.15) is 4.98 Å². The summed E-state index contributed by atoms with van der Waals surface area (Å²) in [6.45, 7) is 5.42. The van der Waals surface area contributed by atoms with Gasteiger partial charge in [0.15, 0.2) is 0 Å². The van der Waals surface area contributed by atoms with Crippen LogP contribution in [0.25, 0.3) is 0 Å². The van der Waals surface area contributed by atoms with E-state index < -0.39 is 11.7 Å². The van der Waals surface area contributed by atoms with E-state index in [1.807, 2.05) is 0 Å². The molecule has 1 fully saturated rings. The summed E-state index contributed by atoms with van der Waals surface area (Å²) in [4.78, 5) is 19.7. The lowest BCUT2D eigenvalue weighted by Crippen LogP contribution is -2.27. The number of halogens is 1. The maximum absolute atomic E-state index is 11.7. The highest BCUT2D eigenvalue weighted by molar-refractivity contribution is 6.28. The minimum absolute atomic E-state index is 0.116. The zero-order chi connectivity index (χ0) is 13.3. The quantitative estimate of drug-likeness (QED) is 0.836. The first kappa shape index (κ1) is 13.1. The maximum atomic E-state index is 11.7. The third kappa shape index (κ3) is 3.57. The summed E-state index contributed by atoms with van der Waals surface area (Å²) in [5, 5.41) is 2.75. The van der Waals surface area contributed by atoms with Crippen LogP contribution in [0.15, 0.2) is 6.20 Å². The molecule has 0 radical (unpaired) electrons. The standard InChI is InChI=1S/C12H16ClN3O2/c1-12(2,3)18-11(17)16-9-8(7-4-5-7)6-14-10(13)15-9/h6-7H,4-5H2,1-3H3,(H,14,15,16,17). The monoisotopic (exact) mass is 269 g/mol. The molecule has 1 aromatic rings. The Kier molecular flexibility index (Phi) is 3.43. The van der Waals surface area contributed by atoms with E-state index in [1.54, 1.807) is 27.0 Å². The highest BCUT2D eigenvalue weighted by Crippen LogP contribution is 2.42. The minimum Gasteiger partial charge on any atom is -0.444 e. The van der Waals surface area contributed by atoms with Crippen LogP contribution in [0.1, 0.15) is 45.1 Å². The Morgan fingerprint density at radius 3 is 2.72 bits per heavy atom. The molecule has 1 amide bonds. The lowest BCUT2D eigenvalue weighted by molar-refractivity contribution is 0.0635. The van der Waals surface area contributed by atoms with Crippen molar-refractivity contribution in [2.45, 2.75) is 45.1 Å². The van der Waals surface area contributed by atoms with E-state index in [0.717, 1.165) is 18.4 Å². The smallest absolute Gasteiger partial charge is 0.413 e. The molecule has 0 spiro atoms. The van der Waals surface area contributed by atoms with Crippen molar-refractivity contribution in [3.05, 3.63) is 17.0 Å². The molecule has 0 saturated heterocycles. The molecule has 0 aromatic carbocycles. The molecule has 18 heavy (non-hydrogen) atoms. The number of anilines is 1. The van der Waals surface area contributed by atoms with Crippen LogP contribution >= 0.6 is 11.6 Å². The highest BCUT2D eigenvalue weighted by Gasteiger charge is 2.28. The van der Waals surface area contributed by atoms with Gasteiger partial charge in [0.2, 0.25) is 5.28 Å². The summed E-state index contributed by atoms with van der Waals surface area (Å²) in [5.41, 5.74) is 0.381. The van der Waals surface area contributed by atoms with Crippen molar-refractivity contribution < 1.29 is 9.53 Å². The van der Waals surface area contributed by atoms with Crippen LogP contribution in [-0.4, -0.2) is 21.7 Å². The van der Waals surface area contributed by atoms with Crippen LogP contribution in [0.5, 0.6) is 0 Å². The van der Waals surface area contributed by atoms with Gasteiger partial charge in [0.05, 0.1) is 0 Å². The molecule has 0 unspecified atom stereocenters. The van der Waals surface area contributed by atoms with Gasteiger partial charge in [-0.3, -0.25) is 5.32 Å². The number of carbonyl (C=O) groups is 1. The second-order valence-corrected chi connectivity index (χ2v) is 5.68. The molecule has 6 heteroatoms. The number of carbonyl (C=O) groups excluding carboxylic acids is 1. The van der Waals surface area contributed by atoms with Gasteiger partial charge in [0, 0.05) is 11.8 Å². The highest BCUT2D eigenvalue weighted by atomic mass is 35.5.